The molecular formula is C18H35N6Na3O8S2. The molecular weight excluding hydrogens is 561 g/mol. The fourth-order valence-electron chi connectivity index (χ4n) is 5.04. The first-order valence-electron chi connectivity index (χ1n) is 11.4. The van der Waals surface area contributed by atoms with Crippen LogP contribution in [0.25, 0.3) is 0 Å². The Morgan fingerprint density at radius 1 is 0.946 bits per heavy atom. The summed E-state index contributed by atoms with van der Waals surface area (Å²) in [5.74, 6) is -0.622. The van der Waals surface area contributed by atoms with E-state index in [1.807, 2.05) is 6.42 Å². The van der Waals surface area contributed by atoms with Crippen LogP contribution in [0.3, 0.4) is 0 Å². The Labute approximate surface area is 285 Å². The average molecular weight is 597 g/mol. The molecule has 200 valence electrons. The van der Waals surface area contributed by atoms with Crippen molar-refractivity contribution in [3.05, 3.63) is 6.42 Å². The molecule has 2 saturated carbocycles. The number of fused-ring (bicyclic) bond motifs is 1. The second kappa shape index (κ2) is 18.2. The number of rotatable bonds is 11. The maximum Gasteiger partial charge on any atom is 1.00 e. The van der Waals surface area contributed by atoms with Gasteiger partial charge in [-0.2, -0.15) is 12.8 Å². The third kappa shape index (κ3) is 13.6. The smallest absolute Gasteiger partial charge is 0.748 e. The third-order valence-corrected chi connectivity index (χ3v) is 8.62. The molecule has 8 atom stereocenters. The Balaban J connectivity index is 0.00000432. The van der Waals surface area contributed by atoms with Gasteiger partial charge in [-0.25, -0.2) is 16.8 Å². The summed E-state index contributed by atoms with van der Waals surface area (Å²) in [5.41, 5.74) is 0. The van der Waals surface area contributed by atoms with Gasteiger partial charge in [0.15, 0.2) is 0 Å². The summed E-state index contributed by atoms with van der Waals surface area (Å²) in [6.45, 7) is -0.405. The van der Waals surface area contributed by atoms with Crippen molar-refractivity contribution in [1.29, 1.82) is 0 Å². The van der Waals surface area contributed by atoms with Gasteiger partial charge in [0.1, 0.15) is 18.9 Å². The van der Waals surface area contributed by atoms with Crippen LogP contribution in [0.15, 0.2) is 0 Å². The summed E-state index contributed by atoms with van der Waals surface area (Å²) < 4.78 is 67.7. The van der Waals surface area contributed by atoms with Crippen molar-refractivity contribution in [3.8, 4) is 0 Å². The number of aliphatic hydroxyl groups excluding tert-OH is 2. The van der Waals surface area contributed by atoms with Crippen LogP contribution in [0, 0.1) is 18.3 Å². The van der Waals surface area contributed by atoms with Gasteiger partial charge in [-0.1, -0.05) is 5.92 Å². The molecule has 3 aliphatic rings. The normalized spacial score (nSPS) is 33.1. The van der Waals surface area contributed by atoms with E-state index in [4.69, 9.17) is 5.11 Å². The van der Waals surface area contributed by atoms with E-state index in [0.717, 1.165) is 6.42 Å². The zero-order valence-corrected chi connectivity index (χ0v) is 29.4. The molecule has 1 aliphatic heterocycles. The summed E-state index contributed by atoms with van der Waals surface area (Å²) in [4.78, 5) is 0. The number of aliphatic hydroxyl groups is 2. The van der Waals surface area contributed by atoms with E-state index < -0.39 is 62.8 Å². The molecule has 0 radical (unpaired) electrons. The molecule has 0 aromatic heterocycles. The second-order valence-electron chi connectivity index (χ2n) is 9.15. The van der Waals surface area contributed by atoms with Gasteiger partial charge in [-0.3, -0.25) is 31.9 Å². The first-order chi connectivity index (χ1) is 15.9. The first kappa shape index (κ1) is 39.5. The van der Waals surface area contributed by atoms with Crippen molar-refractivity contribution in [2.45, 2.75) is 68.4 Å². The summed E-state index contributed by atoms with van der Waals surface area (Å²) >= 11 is 0. The minimum atomic E-state index is -4.37. The Hall–Kier alpha value is 2.50. The van der Waals surface area contributed by atoms with Crippen molar-refractivity contribution in [1.82, 2.24) is 31.9 Å². The maximum atomic E-state index is 11.7. The molecule has 3 rings (SSSR count). The van der Waals surface area contributed by atoms with E-state index in [1.54, 1.807) is 0 Å². The minimum Gasteiger partial charge on any atom is -0.748 e. The first-order valence-corrected chi connectivity index (χ1v) is 14.5. The van der Waals surface area contributed by atoms with E-state index in [0.29, 0.717) is 25.7 Å². The van der Waals surface area contributed by atoms with Crippen molar-refractivity contribution in [3.63, 3.8) is 0 Å². The van der Waals surface area contributed by atoms with Crippen LogP contribution in [0.4, 0.5) is 0 Å². The molecule has 2 aliphatic carbocycles. The van der Waals surface area contributed by atoms with Crippen molar-refractivity contribution in [2.75, 3.05) is 25.4 Å². The van der Waals surface area contributed by atoms with Crippen LogP contribution in [0.2, 0.25) is 0 Å². The molecule has 1 saturated heterocycles. The van der Waals surface area contributed by atoms with Gasteiger partial charge < -0.3 is 25.7 Å². The van der Waals surface area contributed by atoms with Crippen LogP contribution in [0.5, 0.6) is 0 Å². The Kier molecular flexibility index (Phi) is 19.5. The molecule has 37 heavy (non-hydrogen) atoms. The topological polar surface area (TPSA) is 227 Å². The third-order valence-electron chi connectivity index (χ3n) is 6.63. The van der Waals surface area contributed by atoms with E-state index in [1.165, 1.54) is 0 Å². The quantitative estimate of drug-likeness (QED) is 0.0630. The second-order valence-corrected chi connectivity index (χ2v) is 12.3. The van der Waals surface area contributed by atoms with Crippen molar-refractivity contribution >= 4 is 20.2 Å². The molecule has 0 aromatic carbocycles. The van der Waals surface area contributed by atoms with Crippen LogP contribution in [0.1, 0.15) is 32.1 Å². The van der Waals surface area contributed by atoms with Gasteiger partial charge in [0.2, 0.25) is 0 Å². The minimum absolute atomic E-state index is 0. The van der Waals surface area contributed by atoms with Gasteiger partial charge >= 0.3 is 88.7 Å². The van der Waals surface area contributed by atoms with Crippen molar-refractivity contribution in [2.24, 2.45) is 11.8 Å². The van der Waals surface area contributed by atoms with Gasteiger partial charge in [0.05, 0.1) is 38.7 Å². The van der Waals surface area contributed by atoms with Gasteiger partial charge in [0, 0.05) is 24.4 Å². The predicted molar refractivity (Wildman–Crippen MR) is 119 cm³/mol. The molecule has 0 aromatic rings. The Morgan fingerprint density at radius 2 is 1.57 bits per heavy atom. The van der Waals surface area contributed by atoms with Crippen LogP contribution >= 0.6 is 0 Å². The van der Waals surface area contributed by atoms with E-state index >= 15 is 0 Å². The summed E-state index contributed by atoms with van der Waals surface area (Å²) in [6, 6.07) is 0.0391. The number of nitrogens with one attached hydrogen (secondary N) is 6. The SMILES string of the molecule is O=S(=O)([O-])CCNC1NC(NCC(O)CO)NC(NC2CCC3C(C[CH-]CC3S(=O)(=O)[O-])C2)N1.[Na+].[Na+].[Na+]. The molecule has 3 fully saturated rings. The molecule has 1 heterocycles. The maximum absolute atomic E-state index is 11.7. The summed E-state index contributed by atoms with van der Waals surface area (Å²) in [7, 11) is -8.71. The molecule has 19 heteroatoms. The zero-order valence-electron chi connectivity index (χ0n) is 21.7. The molecule has 0 amide bonds. The molecule has 0 spiro atoms. The van der Waals surface area contributed by atoms with Gasteiger partial charge in [0.25, 0.3) is 0 Å². The Bertz CT molecular complexity index is 878. The average Bonchev–Trinajstić information content (AvgIpc) is 2.75. The van der Waals surface area contributed by atoms with Crippen molar-refractivity contribution < 1.29 is 125 Å². The number of hydrogen-bond acceptors (Lipinski definition) is 14. The standard InChI is InChI=1S/C18H37N6O8S2.3Na/c25-10-13(26)9-20-17-22-16(19-6-7-33(27,28)29)23-18(24-17)21-12-4-5-14-11(8-12)2-1-3-15(14)34(30,31)32;;;/h1,11-26H,2-10H2,(H,27,28,29)(H,30,31,32);;;/q-1;3*+1/p-2. The molecule has 0 bridgehead atoms. The fraction of sp³-hybridized carbons (Fsp3) is 0.944. The fourth-order valence-corrected chi connectivity index (χ4v) is 6.57. The monoisotopic (exact) mass is 596 g/mol. The van der Waals surface area contributed by atoms with Crippen LogP contribution in [-0.2, 0) is 20.2 Å². The van der Waals surface area contributed by atoms with Crippen LogP contribution < -0.4 is 121 Å². The van der Waals surface area contributed by atoms with Gasteiger partial charge in [-0.05, 0) is 25.2 Å². The van der Waals surface area contributed by atoms with E-state index in [9.17, 15) is 31.0 Å². The van der Waals surface area contributed by atoms with Gasteiger partial charge in [-0.15, -0.1) is 0 Å². The van der Waals surface area contributed by atoms with Crippen LogP contribution in [-0.4, -0.2) is 97.9 Å². The number of hydrogen-bond donors (Lipinski definition) is 8. The summed E-state index contributed by atoms with van der Waals surface area (Å²) in [5, 5.41) is 36.6. The van der Waals surface area contributed by atoms with E-state index in [2.05, 4.69) is 31.9 Å². The molecule has 14 nitrogen and oxygen atoms in total. The summed E-state index contributed by atoms with van der Waals surface area (Å²) in [6.07, 6.45) is 2.43. The zero-order chi connectivity index (χ0) is 24.9. The largest absolute Gasteiger partial charge is 1.00 e. The van der Waals surface area contributed by atoms with E-state index in [-0.39, 0.29) is 120 Å². The predicted octanol–water partition coefficient (Wildman–Crippen LogP) is -13.0. The molecule has 8 N–H and O–H groups in total. The molecule has 8 unspecified atom stereocenters. The Morgan fingerprint density at radius 3 is 2.16 bits per heavy atom.